The van der Waals surface area contributed by atoms with Crippen molar-refractivity contribution in [3.8, 4) is 5.75 Å². The van der Waals surface area contributed by atoms with Crippen LogP contribution >= 0.6 is 0 Å². The number of carbonyl (C=O) groups excluding carboxylic acids is 1. The van der Waals surface area contributed by atoms with Gasteiger partial charge in [-0.1, -0.05) is 12.1 Å². The molecule has 28 heavy (non-hydrogen) atoms. The first-order valence-electron chi connectivity index (χ1n) is 9.35. The van der Waals surface area contributed by atoms with Gasteiger partial charge in [-0.05, 0) is 42.8 Å². The monoisotopic (exact) mass is 378 g/mol. The minimum Gasteiger partial charge on any atom is -0.484 e. The number of hydrogen-bond donors (Lipinski definition) is 0. The second-order valence-corrected chi connectivity index (χ2v) is 6.95. The Morgan fingerprint density at radius 3 is 2.61 bits per heavy atom. The Kier molecular flexibility index (Phi) is 5.02. The summed E-state index contributed by atoms with van der Waals surface area (Å²) in [6, 6.07) is 16.7. The van der Waals surface area contributed by atoms with Gasteiger partial charge in [0, 0.05) is 49.4 Å². The van der Waals surface area contributed by atoms with E-state index in [-0.39, 0.29) is 12.5 Å². The Morgan fingerprint density at radius 1 is 1.04 bits per heavy atom. The molecule has 1 amide bonds. The second kappa shape index (κ2) is 7.76. The first-order chi connectivity index (χ1) is 13.6. The van der Waals surface area contributed by atoms with Crippen LogP contribution in [0.3, 0.4) is 0 Å². The molecule has 2 aromatic carbocycles. The maximum absolute atomic E-state index is 12.5. The average Bonchev–Trinajstić information content (AvgIpc) is 2.72. The van der Waals surface area contributed by atoms with E-state index in [1.54, 1.807) is 24.3 Å². The van der Waals surface area contributed by atoms with E-state index < -0.39 is 5.63 Å². The van der Waals surface area contributed by atoms with Gasteiger partial charge in [0.2, 0.25) is 0 Å². The summed E-state index contributed by atoms with van der Waals surface area (Å²) in [6.45, 7) is 4.99. The summed E-state index contributed by atoms with van der Waals surface area (Å²) in [6.07, 6.45) is 0. The summed E-state index contributed by atoms with van der Waals surface area (Å²) < 4.78 is 10.8. The molecule has 2 heterocycles. The van der Waals surface area contributed by atoms with Gasteiger partial charge in [-0.2, -0.15) is 0 Å². The van der Waals surface area contributed by atoms with E-state index in [0.717, 1.165) is 18.5 Å². The normalized spacial score (nSPS) is 14.3. The van der Waals surface area contributed by atoms with E-state index in [1.807, 2.05) is 4.90 Å². The van der Waals surface area contributed by atoms with Crippen molar-refractivity contribution >= 4 is 22.6 Å². The third kappa shape index (κ3) is 4.01. The summed E-state index contributed by atoms with van der Waals surface area (Å²) in [4.78, 5) is 28.0. The molecule has 1 aromatic heterocycles. The molecule has 0 unspecified atom stereocenters. The van der Waals surface area contributed by atoms with Gasteiger partial charge in [-0.25, -0.2) is 4.79 Å². The Hall–Kier alpha value is -3.28. The van der Waals surface area contributed by atoms with Crippen molar-refractivity contribution in [2.75, 3.05) is 37.7 Å². The lowest BCUT2D eigenvalue weighted by atomic mass is 10.2. The Bertz CT molecular complexity index is 1050. The number of piperazine rings is 1. The number of carbonyl (C=O) groups is 1. The predicted molar refractivity (Wildman–Crippen MR) is 108 cm³/mol. The van der Waals surface area contributed by atoms with E-state index >= 15 is 0 Å². The van der Waals surface area contributed by atoms with Crippen molar-refractivity contribution in [1.29, 1.82) is 0 Å². The van der Waals surface area contributed by atoms with Gasteiger partial charge in [0.1, 0.15) is 11.3 Å². The fraction of sp³-hybridized carbons (Fsp3) is 0.273. The van der Waals surface area contributed by atoms with Crippen molar-refractivity contribution in [2.24, 2.45) is 0 Å². The minimum absolute atomic E-state index is 0.0347. The molecule has 3 aromatic rings. The maximum Gasteiger partial charge on any atom is 0.336 e. The van der Waals surface area contributed by atoms with Crippen LogP contribution < -0.4 is 15.3 Å². The molecule has 1 aliphatic rings. The third-order valence-electron chi connectivity index (χ3n) is 4.96. The van der Waals surface area contributed by atoms with Gasteiger partial charge in [0.15, 0.2) is 6.61 Å². The zero-order chi connectivity index (χ0) is 19.5. The maximum atomic E-state index is 12.5. The van der Waals surface area contributed by atoms with Crippen LogP contribution in [0.5, 0.6) is 5.75 Å². The van der Waals surface area contributed by atoms with Crippen LogP contribution in [0.2, 0.25) is 0 Å². The molecule has 0 atom stereocenters. The largest absolute Gasteiger partial charge is 0.484 e. The van der Waals surface area contributed by atoms with Crippen LogP contribution in [0.25, 0.3) is 11.0 Å². The highest BCUT2D eigenvalue weighted by molar-refractivity contribution is 5.79. The molecule has 0 aliphatic carbocycles. The summed E-state index contributed by atoms with van der Waals surface area (Å²) in [5.41, 5.74) is 2.47. The van der Waals surface area contributed by atoms with E-state index in [2.05, 4.69) is 36.1 Å². The van der Waals surface area contributed by atoms with Gasteiger partial charge in [0.25, 0.3) is 5.91 Å². The van der Waals surface area contributed by atoms with Crippen LogP contribution in [-0.4, -0.2) is 43.6 Å². The summed E-state index contributed by atoms with van der Waals surface area (Å²) >= 11 is 0. The smallest absolute Gasteiger partial charge is 0.336 e. The molecular weight excluding hydrogens is 356 g/mol. The van der Waals surface area contributed by atoms with Crippen molar-refractivity contribution in [2.45, 2.75) is 6.92 Å². The molecule has 0 saturated carbocycles. The van der Waals surface area contributed by atoms with E-state index in [4.69, 9.17) is 9.15 Å². The van der Waals surface area contributed by atoms with Crippen molar-refractivity contribution < 1.29 is 13.9 Å². The van der Waals surface area contributed by atoms with Crippen LogP contribution in [-0.2, 0) is 4.79 Å². The second-order valence-electron chi connectivity index (χ2n) is 6.95. The Labute approximate surface area is 162 Å². The zero-order valence-corrected chi connectivity index (χ0v) is 15.8. The Morgan fingerprint density at radius 2 is 1.82 bits per heavy atom. The number of anilines is 1. The third-order valence-corrected chi connectivity index (χ3v) is 4.96. The first-order valence-corrected chi connectivity index (χ1v) is 9.35. The number of benzene rings is 2. The number of aryl methyl sites for hydroxylation is 1. The van der Waals surface area contributed by atoms with E-state index in [1.165, 1.54) is 17.3 Å². The van der Waals surface area contributed by atoms with Gasteiger partial charge in [0.05, 0.1) is 0 Å². The molecule has 1 saturated heterocycles. The molecule has 0 bridgehead atoms. The number of amides is 1. The molecule has 1 aliphatic heterocycles. The number of nitrogens with zero attached hydrogens (tertiary/aromatic N) is 2. The lowest BCUT2D eigenvalue weighted by molar-refractivity contribution is -0.133. The number of hydrogen-bond acceptors (Lipinski definition) is 5. The van der Waals surface area contributed by atoms with Crippen LogP contribution in [0.1, 0.15) is 5.56 Å². The van der Waals surface area contributed by atoms with Crippen LogP contribution in [0, 0.1) is 6.92 Å². The lowest BCUT2D eigenvalue weighted by Gasteiger charge is -2.36. The van der Waals surface area contributed by atoms with Crippen LogP contribution in [0.4, 0.5) is 5.69 Å². The van der Waals surface area contributed by atoms with Gasteiger partial charge in [-0.3, -0.25) is 4.79 Å². The number of rotatable bonds is 4. The number of fused-ring (bicyclic) bond motifs is 1. The summed E-state index contributed by atoms with van der Waals surface area (Å²) in [5.74, 6) is 0.465. The lowest BCUT2D eigenvalue weighted by Crippen LogP contribution is -2.50. The molecular formula is C22H22N2O4. The molecule has 4 rings (SSSR count). The summed E-state index contributed by atoms with van der Waals surface area (Å²) in [7, 11) is 0. The fourth-order valence-electron chi connectivity index (χ4n) is 3.41. The summed E-state index contributed by atoms with van der Waals surface area (Å²) in [5, 5.41) is 0.811. The zero-order valence-electron chi connectivity index (χ0n) is 15.8. The molecule has 144 valence electrons. The average molecular weight is 378 g/mol. The standard InChI is InChI=1S/C22H22N2O4/c1-16-3-2-4-18(13-16)23-9-11-24(12-10-23)21(25)15-27-19-7-5-17-6-8-22(26)28-20(17)14-19/h2-8,13-14H,9-12,15H2,1H3. The molecule has 0 N–H and O–H groups in total. The Balaban J connectivity index is 1.33. The van der Waals surface area contributed by atoms with Crippen LogP contribution in [0.15, 0.2) is 63.8 Å². The van der Waals surface area contributed by atoms with Gasteiger partial charge < -0.3 is 19.0 Å². The predicted octanol–water partition coefficient (Wildman–Crippen LogP) is 2.83. The molecule has 1 fully saturated rings. The highest BCUT2D eigenvalue weighted by Crippen LogP contribution is 2.20. The first kappa shape index (κ1) is 18.1. The molecule has 6 nitrogen and oxygen atoms in total. The highest BCUT2D eigenvalue weighted by atomic mass is 16.5. The SMILES string of the molecule is Cc1cccc(N2CCN(C(=O)COc3ccc4ccc(=O)oc4c3)CC2)c1. The van der Waals surface area contributed by atoms with Gasteiger partial charge >= 0.3 is 5.63 Å². The molecule has 0 radical (unpaired) electrons. The quantitative estimate of drug-likeness (QED) is 0.654. The molecule has 6 heteroatoms. The van der Waals surface area contributed by atoms with Gasteiger partial charge in [-0.15, -0.1) is 0 Å². The van der Waals surface area contributed by atoms with E-state index in [0.29, 0.717) is 24.4 Å². The minimum atomic E-state index is -0.410. The number of ether oxygens (including phenoxy) is 1. The van der Waals surface area contributed by atoms with Crippen molar-refractivity contribution in [3.63, 3.8) is 0 Å². The van der Waals surface area contributed by atoms with E-state index in [9.17, 15) is 9.59 Å². The molecule has 0 spiro atoms. The topological polar surface area (TPSA) is 63.0 Å². The highest BCUT2D eigenvalue weighted by Gasteiger charge is 2.21. The van der Waals surface area contributed by atoms with Crippen molar-refractivity contribution in [1.82, 2.24) is 4.90 Å². The fourth-order valence-corrected chi connectivity index (χ4v) is 3.41. The van der Waals surface area contributed by atoms with Crippen molar-refractivity contribution in [3.05, 3.63) is 70.6 Å².